The van der Waals surface area contributed by atoms with Crippen LogP contribution in [0.25, 0.3) is 0 Å². The van der Waals surface area contributed by atoms with E-state index in [-0.39, 0.29) is 17.2 Å². The molecule has 1 aromatic carbocycles. The van der Waals surface area contributed by atoms with Crippen LogP contribution < -0.4 is 5.73 Å². The van der Waals surface area contributed by atoms with Crippen molar-refractivity contribution in [3.8, 4) is 6.07 Å². The molecule has 0 atom stereocenters. The molecule has 2 amide bonds. The molecule has 5 nitrogen and oxygen atoms in total. The van der Waals surface area contributed by atoms with Crippen molar-refractivity contribution in [3.05, 3.63) is 29.3 Å². The number of carbonyl (C=O) groups excluding carboxylic acids is 2. The standard InChI is InChI=1S/C14H13N3O2/c15-6-5-14(3-4-14)8-17-12(18)10-2-1-9(16)7-11(10)13(17)19/h1-2,7H,3-5,8,16H2. The number of imide groups is 1. The van der Waals surface area contributed by atoms with Gasteiger partial charge in [-0.3, -0.25) is 14.5 Å². The van der Waals surface area contributed by atoms with Gasteiger partial charge in [0.1, 0.15) is 0 Å². The normalized spacial score (nSPS) is 19.2. The number of hydrogen-bond acceptors (Lipinski definition) is 4. The Labute approximate surface area is 110 Å². The summed E-state index contributed by atoms with van der Waals surface area (Å²) in [5.74, 6) is -0.569. The molecule has 1 aliphatic heterocycles. The summed E-state index contributed by atoms with van der Waals surface area (Å²) in [6.45, 7) is 0.340. The number of hydrogen-bond donors (Lipinski definition) is 1. The van der Waals surface area contributed by atoms with Crippen LogP contribution in [0.2, 0.25) is 0 Å². The molecule has 1 saturated carbocycles. The van der Waals surface area contributed by atoms with E-state index in [0.29, 0.717) is 29.8 Å². The smallest absolute Gasteiger partial charge is 0.261 e. The van der Waals surface area contributed by atoms with E-state index in [9.17, 15) is 9.59 Å². The second kappa shape index (κ2) is 3.82. The number of benzene rings is 1. The number of nitrogen functional groups attached to an aromatic ring is 1. The fourth-order valence-electron chi connectivity index (χ4n) is 2.52. The van der Waals surface area contributed by atoms with E-state index < -0.39 is 0 Å². The predicted octanol–water partition coefficient (Wildman–Crippen LogP) is 1.56. The molecule has 0 saturated heterocycles. The molecule has 1 aliphatic carbocycles. The maximum atomic E-state index is 12.2. The van der Waals surface area contributed by atoms with E-state index in [0.717, 1.165) is 12.8 Å². The third-order valence-corrected chi connectivity index (χ3v) is 3.90. The number of nitriles is 1. The first-order valence-electron chi connectivity index (χ1n) is 6.19. The van der Waals surface area contributed by atoms with Crippen LogP contribution in [0, 0.1) is 16.7 Å². The molecular formula is C14H13N3O2. The third kappa shape index (κ3) is 1.76. The monoisotopic (exact) mass is 255 g/mol. The van der Waals surface area contributed by atoms with Gasteiger partial charge in [0.05, 0.1) is 17.2 Å². The molecule has 96 valence electrons. The Balaban J connectivity index is 1.89. The highest BCUT2D eigenvalue weighted by atomic mass is 16.2. The molecule has 19 heavy (non-hydrogen) atoms. The van der Waals surface area contributed by atoms with E-state index in [1.54, 1.807) is 18.2 Å². The van der Waals surface area contributed by atoms with Crippen molar-refractivity contribution < 1.29 is 9.59 Å². The highest BCUT2D eigenvalue weighted by Gasteiger charge is 2.48. The summed E-state index contributed by atoms with van der Waals surface area (Å²) in [5, 5.41) is 8.80. The van der Waals surface area contributed by atoms with Gasteiger partial charge in [-0.25, -0.2) is 0 Å². The van der Waals surface area contributed by atoms with Crippen LogP contribution in [0.4, 0.5) is 5.69 Å². The summed E-state index contributed by atoms with van der Waals surface area (Å²) in [6.07, 6.45) is 2.19. The van der Waals surface area contributed by atoms with Gasteiger partial charge in [-0.05, 0) is 31.0 Å². The van der Waals surface area contributed by atoms with Crippen LogP contribution in [0.1, 0.15) is 40.0 Å². The Morgan fingerprint density at radius 3 is 2.58 bits per heavy atom. The van der Waals surface area contributed by atoms with Crippen molar-refractivity contribution in [1.82, 2.24) is 4.90 Å². The van der Waals surface area contributed by atoms with E-state index in [1.165, 1.54) is 4.90 Å². The first kappa shape index (κ1) is 11.7. The zero-order valence-corrected chi connectivity index (χ0v) is 10.3. The van der Waals surface area contributed by atoms with Crippen molar-refractivity contribution in [3.63, 3.8) is 0 Å². The number of nitrogens with zero attached hydrogens (tertiary/aromatic N) is 2. The number of rotatable bonds is 3. The minimum atomic E-state index is -0.295. The largest absolute Gasteiger partial charge is 0.399 e. The van der Waals surface area contributed by atoms with Gasteiger partial charge in [0.15, 0.2) is 0 Å². The molecule has 0 aromatic heterocycles. The Morgan fingerprint density at radius 1 is 1.26 bits per heavy atom. The number of anilines is 1. The summed E-state index contributed by atoms with van der Waals surface area (Å²) < 4.78 is 0. The van der Waals surface area contributed by atoms with Gasteiger partial charge in [0.2, 0.25) is 0 Å². The van der Waals surface area contributed by atoms with Crippen molar-refractivity contribution in [2.45, 2.75) is 19.3 Å². The van der Waals surface area contributed by atoms with Gasteiger partial charge < -0.3 is 5.73 Å². The molecule has 3 rings (SSSR count). The van der Waals surface area contributed by atoms with Crippen LogP contribution in [-0.2, 0) is 0 Å². The fraction of sp³-hybridized carbons (Fsp3) is 0.357. The topological polar surface area (TPSA) is 87.2 Å². The number of amides is 2. The lowest BCUT2D eigenvalue weighted by atomic mass is 10.0. The van der Waals surface area contributed by atoms with Crippen LogP contribution in [0.15, 0.2) is 18.2 Å². The Kier molecular flexibility index (Phi) is 2.36. The summed E-state index contributed by atoms with van der Waals surface area (Å²) in [7, 11) is 0. The predicted molar refractivity (Wildman–Crippen MR) is 68.1 cm³/mol. The zero-order chi connectivity index (χ0) is 13.6. The van der Waals surface area contributed by atoms with Crippen molar-refractivity contribution >= 4 is 17.5 Å². The molecule has 0 spiro atoms. The van der Waals surface area contributed by atoms with Crippen LogP contribution in [0.3, 0.4) is 0 Å². The minimum absolute atomic E-state index is 0.173. The highest BCUT2D eigenvalue weighted by Crippen LogP contribution is 2.49. The quantitative estimate of drug-likeness (QED) is 0.655. The van der Waals surface area contributed by atoms with Gasteiger partial charge in [0, 0.05) is 24.1 Å². The van der Waals surface area contributed by atoms with Crippen molar-refractivity contribution in [1.29, 1.82) is 5.26 Å². The molecule has 1 aromatic rings. The van der Waals surface area contributed by atoms with Gasteiger partial charge in [-0.2, -0.15) is 5.26 Å². The number of nitrogens with two attached hydrogens (primary N) is 1. The molecule has 0 unspecified atom stereocenters. The molecule has 2 aliphatic rings. The van der Waals surface area contributed by atoms with Gasteiger partial charge in [0.25, 0.3) is 11.8 Å². The number of fused-ring (bicyclic) bond motifs is 1. The van der Waals surface area contributed by atoms with Crippen molar-refractivity contribution in [2.24, 2.45) is 5.41 Å². The van der Waals surface area contributed by atoms with Crippen molar-refractivity contribution in [2.75, 3.05) is 12.3 Å². The average molecular weight is 255 g/mol. The second-order valence-electron chi connectivity index (χ2n) is 5.34. The lowest BCUT2D eigenvalue weighted by Crippen LogP contribution is -2.35. The third-order valence-electron chi connectivity index (χ3n) is 3.90. The molecule has 1 fully saturated rings. The Hall–Kier alpha value is -2.35. The molecule has 1 heterocycles. The highest BCUT2D eigenvalue weighted by molar-refractivity contribution is 6.21. The van der Waals surface area contributed by atoms with E-state index in [4.69, 9.17) is 11.0 Å². The van der Waals surface area contributed by atoms with E-state index >= 15 is 0 Å². The molecular weight excluding hydrogens is 242 g/mol. The molecule has 0 bridgehead atoms. The first-order valence-corrected chi connectivity index (χ1v) is 6.19. The second-order valence-corrected chi connectivity index (χ2v) is 5.34. The lowest BCUT2D eigenvalue weighted by molar-refractivity contribution is 0.0621. The zero-order valence-electron chi connectivity index (χ0n) is 10.3. The van der Waals surface area contributed by atoms with Gasteiger partial charge in [-0.1, -0.05) is 0 Å². The van der Waals surface area contributed by atoms with E-state index in [2.05, 4.69) is 6.07 Å². The maximum absolute atomic E-state index is 12.2. The summed E-state index contributed by atoms with van der Waals surface area (Å²) in [5.41, 5.74) is 6.73. The fourth-order valence-corrected chi connectivity index (χ4v) is 2.52. The minimum Gasteiger partial charge on any atom is -0.399 e. The van der Waals surface area contributed by atoms with E-state index in [1.807, 2.05) is 0 Å². The Bertz CT molecular complexity index is 626. The SMILES string of the molecule is N#CCC1(CN2C(=O)c3ccc(N)cc3C2=O)CC1. The van der Waals surface area contributed by atoms with Gasteiger partial charge >= 0.3 is 0 Å². The molecule has 2 N–H and O–H groups in total. The summed E-state index contributed by atoms with van der Waals surface area (Å²) in [6, 6.07) is 6.89. The van der Waals surface area contributed by atoms with Gasteiger partial charge in [-0.15, -0.1) is 0 Å². The molecule has 5 heteroatoms. The maximum Gasteiger partial charge on any atom is 0.261 e. The summed E-state index contributed by atoms with van der Waals surface area (Å²) >= 11 is 0. The number of carbonyl (C=O) groups is 2. The Morgan fingerprint density at radius 2 is 1.95 bits per heavy atom. The van der Waals surface area contributed by atoms with Crippen LogP contribution in [-0.4, -0.2) is 23.3 Å². The van der Waals surface area contributed by atoms with Crippen LogP contribution in [0.5, 0.6) is 0 Å². The lowest BCUT2D eigenvalue weighted by Gasteiger charge is -2.19. The summed E-state index contributed by atoms with van der Waals surface area (Å²) in [4.78, 5) is 25.7. The average Bonchev–Trinajstić information content (AvgIpc) is 3.10. The molecule has 0 radical (unpaired) electrons. The first-order chi connectivity index (χ1) is 9.06. The van der Waals surface area contributed by atoms with Crippen LogP contribution >= 0.6 is 0 Å².